The zero-order chi connectivity index (χ0) is 48.6. The number of anilines is 2. The van der Waals surface area contributed by atoms with Gasteiger partial charge < -0.3 is 28.7 Å². The van der Waals surface area contributed by atoms with Gasteiger partial charge in [0.2, 0.25) is 0 Å². The molecule has 5 atom stereocenters. The second kappa shape index (κ2) is 17.7. The number of benzene rings is 2. The maximum absolute atomic E-state index is 18.0. The number of fused-ring (bicyclic) bond motifs is 6. The van der Waals surface area contributed by atoms with Crippen molar-refractivity contribution in [2.24, 2.45) is 0 Å². The molecule has 10 rings (SSSR count). The third kappa shape index (κ3) is 8.82. The first-order valence-corrected chi connectivity index (χ1v) is 23.7. The van der Waals surface area contributed by atoms with Gasteiger partial charge in [-0.2, -0.15) is 23.1 Å². The predicted octanol–water partition coefficient (Wildman–Crippen LogP) is 9.64. The third-order valence-corrected chi connectivity index (χ3v) is 14.5. The minimum absolute atomic E-state index is 0.0468. The van der Waals surface area contributed by atoms with Gasteiger partial charge in [-0.3, -0.25) is 9.80 Å². The highest BCUT2D eigenvalue weighted by Crippen LogP contribution is 2.47. The molecule has 13 nitrogen and oxygen atoms in total. The minimum atomic E-state index is -4.96. The van der Waals surface area contributed by atoms with Gasteiger partial charge >= 0.3 is 18.3 Å². The van der Waals surface area contributed by atoms with Crippen LogP contribution in [0.25, 0.3) is 22.3 Å². The Kier molecular flexibility index (Phi) is 12.0. The molecule has 69 heavy (non-hydrogen) atoms. The SMILES string of the molecule is COc1ccc(CN(Cc2ccc(OC)cc2)c2cc(C)c(C(F)(F)F)c(-c3nc4c5c(nc(OC[C@@]67CCCN6C[C@H](F)C7)nc5c3F)N3C[C@H]5CC[C@@H]([C@@H]3CC4)N5C(=O)OC(C)(C)C)n2)cc1. The highest BCUT2D eigenvalue weighted by molar-refractivity contribution is 5.95. The molecule has 0 radical (unpaired) electrons. The molecule has 0 saturated carbocycles. The van der Waals surface area contributed by atoms with E-state index in [0.717, 1.165) is 24.1 Å². The van der Waals surface area contributed by atoms with Crippen LogP contribution in [0.5, 0.6) is 17.5 Å². The van der Waals surface area contributed by atoms with E-state index < -0.39 is 52.3 Å². The second-order valence-electron chi connectivity index (χ2n) is 20.2. The Bertz CT molecular complexity index is 2710. The molecule has 0 spiro atoms. The van der Waals surface area contributed by atoms with Gasteiger partial charge in [0.05, 0.1) is 54.5 Å². The molecule has 8 heterocycles. The largest absolute Gasteiger partial charge is 0.497 e. The van der Waals surface area contributed by atoms with Crippen molar-refractivity contribution in [2.45, 2.75) is 127 Å². The smallest absolute Gasteiger partial charge is 0.418 e. The Morgan fingerprint density at radius 1 is 0.870 bits per heavy atom. The van der Waals surface area contributed by atoms with Gasteiger partial charge in [-0.05, 0) is 120 Å². The first-order valence-electron chi connectivity index (χ1n) is 23.7. The average molecular weight is 957 g/mol. The minimum Gasteiger partial charge on any atom is -0.497 e. The lowest BCUT2D eigenvalue weighted by molar-refractivity contribution is -0.137. The first kappa shape index (κ1) is 46.7. The van der Waals surface area contributed by atoms with E-state index in [4.69, 9.17) is 33.9 Å². The highest BCUT2D eigenvalue weighted by Gasteiger charge is 2.52. The molecule has 0 aliphatic carbocycles. The van der Waals surface area contributed by atoms with Gasteiger partial charge in [0.1, 0.15) is 58.4 Å². The number of aromatic nitrogens is 4. The maximum Gasteiger partial charge on any atom is 0.418 e. The van der Waals surface area contributed by atoms with Crippen molar-refractivity contribution >= 4 is 28.6 Å². The standard InChI is InChI=1S/C51H57F5N8O5/c1-29-22-39(61(24-30-8-13-34(66-5)14-9-30)25-31-10-15-35(67-6)16-11-31)58-44(41(29)51(54,55)56)45-42(53)43-40-36(57-45)17-19-37-38-18-12-33(64(38)48(65)69-49(2,3)4)27-63(37)46(40)60-47(59-43)68-28-50-20-7-21-62(50)26-32(52)23-50/h8-11,13-16,22,32-33,37-38H,7,12,17-21,23-28H2,1-6H3/t32-,33-,37+,38+,50+/m1/s1. The summed E-state index contributed by atoms with van der Waals surface area (Å²) in [6.07, 6.45) is -2.54. The summed E-state index contributed by atoms with van der Waals surface area (Å²) < 4.78 is 102. The van der Waals surface area contributed by atoms with E-state index in [1.54, 1.807) is 38.5 Å². The third-order valence-electron chi connectivity index (χ3n) is 14.5. The molecule has 5 aromatic rings. The summed E-state index contributed by atoms with van der Waals surface area (Å²) in [5.74, 6) is 0.676. The monoisotopic (exact) mass is 956 g/mol. The van der Waals surface area contributed by atoms with Crippen molar-refractivity contribution in [3.8, 4) is 28.9 Å². The Morgan fingerprint density at radius 2 is 1.55 bits per heavy atom. The fourth-order valence-electron chi connectivity index (χ4n) is 11.4. The van der Waals surface area contributed by atoms with Crippen molar-refractivity contribution in [3.05, 3.63) is 88.4 Å². The number of nitrogens with zero attached hydrogens (tertiary/aromatic N) is 8. The topological polar surface area (TPSA) is 119 Å². The fourth-order valence-corrected chi connectivity index (χ4v) is 11.4. The average Bonchev–Trinajstić information content (AvgIpc) is 3.91. The van der Waals surface area contributed by atoms with Gasteiger partial charge in [-0.15, -0.1) is 0 Å². The van der Waals surface area contributed by atoms with Crippen LogP contribution >= 0.6 is 0 Å². The summed E-state index contributed by atoms with van der Waals surface area (Å²) in [4.78, 5) is 40.8. The van der Waals surface area contributed by atoms with Crippen LogP contribution in [0.4, 0.5) is 38.4 Å². The Balaban J connectivity index is 1.12. The number of hydrogen-bond donors (Lipinski definition) is 0. The van der Waals surface area contributed by atoms with E-state index in [1.165, 1.54) is 13.0 Å². The van der Waals surface area contributed by atoms with Crippen LogP contribution in [0.3, 0.4) is 0 Å². The summed E-state index contributed by atoms with van der Waals surface area (Å²) in [5, 5.41) is 0.267. The van der Waals surface area contributed by atoms with Gasteiger partial charge in [0.15, 0.2) is 5.82 Å². The van der Waals surface area contributed by atoms with E-state index in [1.807, 2.05) is 54.8 Å². The Hall–Kier alpha value is -6.04. The summed E-state index contributed by atoms with van der Waals surface area (Å²) >= 11 is 0. The van der Waals surface area contributed by atoms with Gasteiger partial charge in [-0.1, -0.05) is 24.3 Å². The molecule has 4 fully saturated rings. The van der Waals surface area contributed by atoms with Crippen molar-refractivity contribution in [3.63, 3.8) is 0 Å². The van der Waals surface area contributed by atoms with Gasteiger partial charge in [0.25, 0.3) is 0 Å². The molecule has 4 saturated heterocycles. The highest BCUT2D eigenvalue weighted by atomic mass is 19.4. The normalized spacial score (nSPS) is 23.2. The fraction of sp³-hybridized carbons (Fsp3) is 0.510. The molecule has 366 valence electrons. The number of rotatable bonds is 11. The van der Waals surface area contributed by atoms with E-state index in [0.29, 0.717) is 55.2 Å². The van der Waals surface area contributed by atoms with Gasteiger partial charge in [0, 0.05) is 32.6 Å². The summed E-state index contributed by atoms with van der Waals surface area (Å²) in [6.45, 7) is 8.66. The number of halogens is 5. The number of methoxy groups -OCH3 is 2. The number of carbonyl (C=O) groups is 1. The van der Waals surface area contributed by atoms with Crippen LogP contribution in [-0.2, 0) is 30.4 Å². The summed E-state index contributed by atoms with van der Waals surface area (Å²) in [6, 6.07) is 15.0. The number of aryl methyl sites for hydroxylation is 2. The molecule has 0 unspecified atom stereocenters. The van der Waals surface area contributed by atoms with Crippen molar-refractivity contribution in [1.29, 1.82) is 0 Å². The molecule has 2 aromatic carbocycles. The molecular formula is C51H57F5N8O5. The lowest BCUT2D eigenvalue weighted by Crippen LogP contribution is -2.62. The Morgan fingerprint density at radius 3 is 2.19 bits per heavy atom. The Labute approximate surface area is 397 Å². The predicted molar refractivity (Wildman–Crippen MR) is 249 cm³/mol. The zero-order valence-electron chi connectivity index (χ0n) is 39.7. The van der Waals surface area contributed by atoms with E-state index in [9.17, 15) is 9.18 Å². The van der Waals surface area contributed by atoms with Crippen LogP contribution < -0.4 is 24.0 Å². The molecule has 1 amide bonds. The molecule has 2 bridgehead atoms. The maximum atomic E-state index is 18.0. The number of amides is 1. The summed E-state index contributed by atoms with van der Waals surface area (Å²) in [5.41, 5.74) is -2.19. The van der Waals surface area contributed by atoms with Crippen LogP contribution in [0, 0.1) is 12.7 Å². The molecule has 18 heteroatoms. The number of ether oxygens (including phenoxy) is 4. The molecular weight excluding hydrogens is 900 g/mol. The van der Waals surface area contributed by atoms with E-state index >= 15 is 17.6 Å². The van der Waals surface area contributed by atoms with Crippen molar-refractivity contribution in [2.75, 3.05) is 50.3 Å². The number of hydrogen-bond acceptors (Lipinski definition) is 12. The molecule has 0 N–H and O–H groups in total. The number of alkyl halides is 4. The first-order chi connectivity index (χ1) is 32.9. The van der Waals surface area contributed by atoms with E-state index in [2.05, 4.69) is 14.8 Å². The van der Waals surface area contributed by atoms with Crippen molar-refractivity contribution < 1.29 is 45.7 Å². The molecule has 3 aromatic heterocycles. The molecule has 5 aliphatic heterocycles. The molecule has 5 aliphatic rings. The number of pyridine rings is 2. The van der Waals surface area contributed by atoms with Crippen molar-refractivity contribution in [1.82, 2.24) is 29.7 Å². The van der Waals surface area contributed by atoms with E-state index in [-0.39, 0.29) is 85.5 Å². The van der Waals surface area contributed by atoms with Crippen LogP contribution in [-0.4, -0.2) is 112 Å². The van der Waals surface area contributed by atoms with Crippen LogP contribution in [0.1, 0.15) is 87.2 Å². The van der Waals surface area contributed by atoms with Crippen LogP contribution in [0.2, 0.25) is 0 Å². The summed E-state index contributed by atoms with van der Waals surface area (Å²) in [7, 11) is 3.13. The quantitative estimate of drug-likeness (QED) is 0.117. The number of piperazine rings is 1. The lowest BCUT2D eigenvalue weighted by Gasteiger charge is -2.47. The number of carbonyl (C=O) groups excluding carboxylic acids is 1. The second-order valence-corrected chi connectivity index (χ2v) is 20.2. The zero-order valence-corrected chi connectivity index (χ0v) is 39.7. The lowest BCUT2D eigenvalue weighted by atomic mass is 9.95. The van der Waals surface area contributed by atoms with Gasteiger partial charge in [-0.25, -0.2) is 23.5 Å². The van der Waals surface area contributed by atoms with Crippen LogP contribution in [0.15, 0.2) is 54.6 Å².